The predicted octanol–water partition coefficient (Wildman–Crippen LogP) is 2.39. The van der Waals surface area contributed by atoms with Gasteiger partial charge in [0.25, 0.3) is 6.43 Å². The zero-order valence-corrected chi connectivity index (χ0v) is 12.8. The second-order valence-corrected chi connectivity index (χ2v) is 5.41. The lowest BCUT2D eigenvalue weighted by Gasteiger charge is -2.22. The topological polar surface area (TPSA) is 79.2 Å². The number of carbonyl (C=O) groups is 1. The molecule has 2 aromatic rings. The number of rotatable bonds is 5. The van der Waals surface area contributed by atoms with E-state index >= 15 is 0 Å². The summed E-state index contributed by atoms with van der Waals surface area (Å²) < 4.78 is 26.8. The molecule has 23 heavy (non-hydrogen) atoms. The molecule has 2 amide bonds. The van der Waals surface area contributed by atoms with E-state index in [4.69, 9.17) is 0 Å². The van der Waals surface area contributed by atoms with E-state index < -0.39 is 18.1 Å². The Labute approximate surface area is 132 Å². The van der Waals surface area contributed by atoms with E-state index in [1.807, 2.05) is 0 Å². The van der Waals surface area contributed by atoms with Crippen molar-refractivity contribution in [2.24, 2.45) is 7.05 Å². The second kappa shape index (κ2) is 6.74. The standard InChI is InChI=1S/C15H18F2N4O2/c1-15(23,11-7-19-21(2)8-11)9-18-14(22)20-12-5-3-4-10(6-12)13(16)17/h3-8,13,23H,9H2,1-2H3,(H2,18,20,22). The van der Waals surface area contributed by atoms with Gasteiger partial charge < -0.3 is 15.7 Å². The van der Waals surface area contributed by atoms with Gasteiger partial charge in [0.15, 0.2) is 0 Å². The van der Waals surface area contributed by atoms with Gasteiger partial charge in [0.05, 0.1) is 12.7 Å². The van der Waals surface area contributed by atoms with E-state index in [-0.39, 0.29) is 17.8 Å². The summed E-state index contributed by atoms with van der Waals surface area (Å²) in [4.78, 5) is 11.8. The van der Waals surface area contributed by atoms with Crippen LogP contribution in [0.3, 0.4) is 0 Å². The Balaban J connectivity index is 1.93. The molecule has 0 bridgehead atoms. The van der Waals surface area contributed by atoms with Crippen LogP contribution < -0.4 is 10.6 Å². The third kappa shape index (κ3) is 4.49. The zero-order chi connectivity index (χ0) is 17.0. The number of hydrogen-bond donors (Lipinski definition) is 3. The van der Waals surface area contributed by atoms with Crippen LogP contribution in [0.1, 0.15) is 24.5 Å². The van der Waals surface area contributed by atoms with Crippen molar-refractivity contribution in [2.45, 2.75) is 19.0 Å². The van der Waals surface area contributed by atoms with Crippen molar-refractivity contribution in [1.82, 2.24) is 15.1 Å². The molecule has 0 radical (unpaired) electrons. The maximum atomic E-state index is 12.6. The molecule has 0 aliphatic heterocycles. The van der Waals surface area contributed by atoms with Crippen molar-refractivity contribution < 1.29 is 18.7 Å². The third-order valence-corrected chi connectivity index (χ3v) is 3.32. The van der Waals surface area contributed by atoms with Crippen LogP contribution in [0.5, 0.6) is 0 Å². The number of aromatic nitrogens is 2. The monoisotopic (exact) mass is 324 g/mol. The van der Waals surface area contributed by atoms with E-state index in [9.17, 15) is 18.7 Å². The van der Waals surface area contributed by atoms with E-state index in [0.29, 0.717) is 5.56 Å². The predicted molar refractivity (Wildman–Crippen MR) is 81.2 cm³/mol. The molecule has 1 unspecified atom stereocenters. The number of anilines is 1. The Morgan fingerprint density at radius 2 is 2.22 bits per heavy atom. The number of urea groups is 1. The maximum Gasteiger partial charge on any atom is 0.319 e. The summed E-state index contributed by atoms with van der Waals surface area (Å²) in [6.45, 7) is 1.49. The molecule has 0 spiro atoms. The highest BCUT2D eigenvalue weighted by Gasteiger charge is 2.25. The van der Waals surface area contributed by atoms with Crippen LogP contribution in [0.4, 0.5) is 19.3 Å². The Morgan fingerprint density at radius 3 is 2.83 bits per heavy atom. The van der Waals surface area contributed by atoms with Gasteiger partial charge in [0, 0.05) is 30.1 Å². The molecule has 1 heterocycles. The lowest BCUT2D eigenvalue weighted by atomic mass is 10.00. The normalized spacial score (nSPS) is 13.7. The van der Waals surface area contributed by atoms with Gasteiger partial charge in [-0.2, -0.15) is 5.10 Å². The SMILES string of the molecule is Cn1cc(C(C)(O)CNC(=O)Nc2cccc(C(F)F)c2)cn1. The highest BCUT2D eigenvalue weighted by atomic mass is 19.3. The quantitative estimate of drug-likeness (QED) is 0.790. The zero-order valence-electron chi connectivity index (χ0n) is 12.8. The van der Waals surface area contributed by atoms with Crippen molar-refractivity contribution in [3.8, 4) is 0 Å². The Bertz CT molecular complexity index is 686. The van der Waals surface area contributed by atoms with Crippen LogP contribution in [0.15, 0.2) is 36.7 Å². The second-order valence-electron chi connectivity index (χ2n) is 5.41. The number of amides is 2. The lowest BCUT2D eigenvalue weighted by Crippen LogP contribution is -2.40. The van der Waals surface area contributed by atoms with Crippen LogP contribution in [0, 0.1) is 0 Å². The van der Waals surface area contributed by atoms with E-state index in [1.54, 1.807) is 24.9 Å². The van der Waals surface area contributed by atoms with Crippen LogP contribution in [-0.2, 0) is 12.6 Å². The fourth-order valence-corrected chi connectivity index (χ4v) is 1.98. The van der Waals surface area contributed by atoms with Gasteiger partial charge in [-0.1, -0.05) is 12.1 Å². The average Bonchev–Trinajstić information content (AvgIpc) is 2.93. The van der Waals surface area contributed by atoms with Crippen molar-refractivity contribution in [3.05, 3.63) is 47.8 Å². The molecule has 0 fully saturated rings. The number of nitrogens with zero attached hydrogens (tertiary/aromatic N) is 2. The Hall–Kier alpha value is -2.48. The van der Waals surface area contributed by atoms with Gasteiger partial charge >= 0.3 is 6.03 Å². The lowest BCUT2D eigenvalue weighted by molar-refractivity contribution is 0.0599. The molecule has 0 saturated heterocycles. The first-order valence-electron chi connectivity index (χ1n) is 6.92. The summed E-state index contributed by atoms with van der Waals surface area (Å²) in [7, 11) is 1.72. The van der Waals surface area contributed by atoms with Gasteiger partial charge in [0.2, 0.25) is 0 Å². The number of benzene rings is 1. The Kier molecular flexibility index (Phi) is 4.95. The highest BCUT2D eigenvalue weighted by molar-refractivity contribution is 5.89. The van der Waals surface area contributed by atoms with E-state index in [1.165, 1.54) is 30.5 Å². The molecule has 0 aliphatic rings. The number of hydrogen-bond acceptors (Lipinski definition) is 3. The molecule has 0 saturated carbocycles. The summed E-state index contributed by atoms with van der Waals surface area (Å²) in [5.41, 5.74) is -0.664. The number of aryl methyl sites for hydroxylation is 1. The van der Waals surface area contributed by atoms with Gasteiger partial charge in [-0.3, -0.25) is 4.68 Å². The van der Waals surface area contributed by atoms with Crippen molar-refractivity contribution in [3.63, 3.8) is 0 Å². The number of alkyl halides is 2. The molecule has 1 atom stereocenters. The molecular formula is C15H18F2N4O2. The Morgan fingerprint density at radius 1 is 1.48 bits per heavy atom. The van der Waals surface area contributed by atoms with Crippen LogP contribution in [0.2, 0.25) is 0 Å². The molecule has 6 nitrogen and oxygen atoms in total. The van der Waals surface area contributed by atoms with Gasteiger partial charge in [-0.25, -0.2) is 13.6 Å². The van der Waals surface area contributed by atoms with Crippen LogP contribution in [0.25, 0.3) is 0 Å². The number of nitrogens with one attached hydrogen (secondary N) is 2. The largest absolute Gasteiger partial charge is 0.383 e. The minimum Gasteiger partial charge on any atom is -0.383 e. The summed E-state index contributed by atoms with van der Waals surface area (Å²) >= 11 is 0. The summed E-state index contributed by atoms with van der Waals surface area (Å²) in [5, 5.41) is 19.3. The number of halogens is 2. The van der Waals surface area contributed by atoms with Crippen LogP contribution >= 0.6 is 0 Å². The van der Waals surface area contributed by atoms with Gasteiger partial charge in [-0.05, 0) is 19.1 Å². The third-order valence-electron chi connectivity index (χ3n) is 3.32. The van der Waals surface area contributed by atoms with Gasteiger partial charge in [0.1, 0.15) is 5.60 Å². The fraction of sp³-hybridized carbons (Fsp3) is 0.333. The highest BCUT2D eigenvalue weighted by Crippen LogP contribution is 2.22. The first-order valence-corrected chi connectivity index (χ1v) is 6.92. The first-order chi connectivity index (χ1) is 10.8. The number of aliphatic hydroxyl groups is 1. The molecule has 0 aliphatic carbocycles. The maximum absolute atomic E-state index is 12.6. The molecule has 2 rings (SSSR count). The molecule has 8 heteroatoms. The fourth-order valence-electron chi connectivity index (χ4n) is 1.98. The number of carbonyl (C=O) groups excluding carboxylic acids is 1. The molecule has 1 aromatic heterocycles. The van der Waals surface area contributed by atoms with Gasteiger partial charge in [-0.15, -0.1) is 0 Å². The van der Waals surface area contributed by atoms with Crippen molar-refractivity contribution >= 4 is 11.7 Å². The summed E-state index contributed by atoms with van der Waals surface area (Å²) in [6.07, 6.45) is 0.545. The first kappa shape index (κ1) is 16.9. The molecule has 3 N–H and O–H groups in total. The van der Waals surface area contributed by atoms with Crippen molar-refractivity contribution in [1.29, 1.82) is 0 Å². The smallest absolute Gasteiger partial charge is 0.319 e. The average molecular weight is 324 g/mol. The van der Waals surface area contributed by atoms with E-state index in [2.05, 4.69) is 15.7 Å². The molecule has 124 valence electrons. The van der Waals surface area contributed by atoms with E-state index in [0.717, 1.165) is 0 Å². The van der Waals surface area contributed by atoms with Crippen molar-refractivity contribution in [2.75, 3.05) is 11.9 Å². The van der Waals surface area contributed by atoms with Crippen LogP contribution in [-0.4, -0.2) is 27.5 Å². The minimum atomic E-state index is -2.61. The summed E-state index contributed by atoms with van der Waals surface area (Å²) in [5.74, 6) is 0. The molecule has 1 aromatic carbocycles. The summed E-state index contributed by atoms with van der Waals surface area (Å²) in [6, 6.07) is 4.82. The molecular weight excluding hydrogens is 306 g/mol. The minimum absolute atomic E-state index is 0.0565.